The van der Waals surface area contributed by atoms with Crippen molar-refractivity contribution in [1.82, 2.24) is 10.2 Å². The molecule has 3 N–H and O–H groups in total. The molecule has 0 bridgehead atoms. The molecule has 3 unspecified atom stereocenters. The van der Waals surface area contributed by atoms with Gasteiger partial charge < -0.3 is 16.0 Å². The van der Waals surface area contributed by atoms with Crippen LogP contribution in [-0.2, 0) is 4.79 Å². The number of primary amides is 1. The van der Waals surface area contributed by atoms with Gasteiger partial charge in [-0.05, 0) is 38.5 Å². The van der Waals surface area contributed by atoms with Crippen LogP contribution in [0.3, 0.4) is 0 Å². The maximum atomic E-state index is 11.4. The van der Waals surface area contributed by atoms with Crippen molar-refractivity contribution in [2.45, 2.75) is 57.7 Å². The first-order valence-electron chi connectivity index (χ1n) is 6.85. The fourth-order valence-corrected chi connectivity index (χ4v) is 2.84. The van der Waals surface area contributed by atoms with E-state index in [1.807, 2.05) is 0 Å². The Morgan fingerprint density at radius 1 is 1.47 bits per heavy atom. The lowest BCUT2D eigenvalue weighted by Crippen LogP contribution is -2.45. The van der Waals surface area contributed by atoms with Crippen molar-refractivity contribution >= 4 is 5.91 Å². The summed E-state index contributed by atoms with van der Waals surface area (Å²) in [5, 5.41) is 3.34. The minimum Gasteiger partial charge on any atom is -0.368 e. The lowest BCUT2D eigenvalue weighted by atomic mass is 10.1. The number of amides is 1. The largest absolute Gasteiger partial charge is 0.368 e. The van der Waals surface area contributed by atoms with Crippen LogP contribution in [0, 0.1) is 5.92 Å². The van der Waals surface area contributed by atoms with Crippen molar-refractivity contribution < 1.29 is 4.79 Å². The van der Waals surface area contributed by atoms with Gasteiger partial charge >= 0.3 is 0 Å². The van der Waals surface area contributed by atoms with E-state index in [1.54, 1.807) is 0 Å². The van der Waals surface area contributed by atoms with Crippen LogP contribution in [0.4, 0.5) is 0 Å². The Bertz CT molecular complexity index is 278. The molecule has 1 aliphatic heterocycles. The number of hydrogen-bond acceptors (Lipinski definition) is 3. The van der Waals surface area contributed by atoms with E-state index in [2.05, 4.69) is 24.1 Å². The summed E-state index contributed by atoms with van der Waals surface area (Å²) in [4.78, 5) is 13.8. The van der Waals surface area contributed by atoms with E-state index in [-0.39, 0.29) is 11.9 Å². The van der Waals surface area contributed by atoms with Gasteiger partial charge in [0.2, 0.25) is 5.91 Å². The predicted octanol–water partition coefficient (Wildman–Crippen LogP) is 0.713. The average molecular weight is 239 g/mol. The van der Waals surface area contributed by atoms with Crippen LogP contribution in [0.25, 0.3) is 0 Å². The van der Waals surface area contributed by atoms with Crippen molar-refractivity contribution in [3.63, 3.8) is 0 Å². The van der Waals surface area contributed by atoms with Crippen molar-refractivity contribution in [2.75, 3.05) is 13.1 Å². The summed E-state index contributed by atoms with van der Waals surface area (Å²) in [6.45, 7) is 6.72. The first kappa shape index (κ1) is 12.8. The molecule has 0 spiro atoms. The van der Waals surface area contributed by atoms with Gasteiger partial charge in [0.1, 0.15) is 0 Å². The Morgan fingerprint density at radius 3 is 2.65 bits per heavy atom. The summed E-state index contributed by atoms with van der Waals surface area (Å²) >= 11 is 0. The Hall–Kier alpha value is -0.610. The third kappa shape index (κ3) is 3.68. The van der Waals surface area contributed by atoms with Crippen LogP contribution in [-0.4, -0.2) is 42.0 Å². The monoisotopic (exact) mass is 239 g/mol. The van der Waals surface area contributed by atoms with Gasteiger partial charge in [0.15, 0.2) is 0 Å². The summed E-state index contributed by atoms with van der Waals surface area (Å²) < 4.78 is 0. The predicted molar refractivity (Wildman–Crippen MR) is 68.6 cm³/mol. The molecule has 3 atom stereocenters. The molecule has 1 saturated heterocycles. The van der Waals surface area contributed by atoms with E-state index >= 15 is 0 Å². The Labute approximate surface area is 104 Å². The fourth-order valence-electron chi connectivity index (χ4n) is 2.84. The van der Waals surface area contributed by atoms with E-state index in [0.29, 0.717) is 12.1 Å². The van der Waals surface area contributed by atoms with Crippen LogP contribution in [0.5, 0.6) is 0 Å². The maximum absolute atomic E-state index is 11.4. The van der Waals surface area contributed by atoms with Crippen molar-refractivity contribution in [2.24, 2.45) is 11.7 Å². The standard InChI is InChI=1S/C13H25N3O/c1-9-7-10(2)16(8-9)6-5-12(13(14)17)15-11-3-4-11/h9-12,15H,3-8H2,1-2H3,(H2,14,17). The summed E-state index contributed by atoms with van der Waals surface area (Å²) in [7, 11) is 0. The highest BCUT2D eigenvalue weighted by Gasteiger charge is 2.30. The molecule has 17 heavy (non-hydrogen) atoms. The number of nitrogens with zero attached hydrogens (tertiary/aromatic N) is 1. The second-order valence-corrected chi connectivity index (χ2v) is 5.87. The highest BCUT2D eigenvalue weighted by Crippen LogP contribution is 2.23. The fraction of sp³-hybridized carbons (Fsp3) is 0.923. The van der Waals surface area contributed by atoms with Crippen LogP contribution in [0.1, 0.15) is 39.5 Å². The molecule has 4 nitrogen and oxygen atoms in total. The average Bonchev–Trinajstić information content (AvgIpc) is 2.99. The second kappa shape index (κ2) is 5.36. The highest BCUT2D eigenvalue weighted by atomic mass is 16.1. The molecule has 1 heterocycles. The molecule has 1 aliphatic carbocycles. The zero-order valence-electron chi connectivity index (χ0n) is 11.0. The molecule has 2 fully saturated rings. The number of carbonyl (C=O) groups excluding carboxylic acids is 1. The summed E-state index contributed by atoms with van der Waals surface area (Å²) in [6.07, 6.45) is 4.52. The van der Waals surface area contributed by atoms with E-state index in [9.17, 15) is 4.79 Å². The zero-order chi connectivity index (χ0) is 12.4. The zero-order valence-corrected chi connectivity index (χ0v) is 11.0. The molecular weight excluding hydrogens is 214 g/mol. The number of rotatable bonds is 6. The van der Waals surface area contributed by atoms with Gasteiger partial charge in [-0.15, -0.1) is 0 Å². The van der Waals surface area contributed by atoms with Gasteiger partial charge in [-0.3, -0.25) is 4.79 Å². The topological polar surface area (TPSA) is 58.4 Å². The van der Waals surface area contributed by atoms with E-state index in [0.717, 1.165) is 25.4 Å². The minimum absolute atomic E-state index is 0.134. The normalized spacial score (nSPS) is 31.6. The van der Waals surface area contributed by atoms with Crippen LogP contribution < -0.4 is 11.1 Å². The summed E-state index contributed by atoms with van der Waals surface area (Å²) in [5.74, 6) is 0.588. The summed E-state index contributed by atoms with van der Waals surface area (Å²) in [5.41, 5.74) is 5.44. The van der Waals surface area contributed by atoms with E-state index in [4.69, 9.17) is 5.73 Å². The molecule has 0 aromatic carbocycles. The molecule has 2 aliphatic rings. The number of nitrogens with one attached hydrogen (secondary N) is 1. The Kier molecular flexibility index (Phi) is 4.05. The quantitative estimate of drug-likeness (QED) is 0.718. The Balaban J connectivity index is 1.76. The van der Waals surface area contributed by atoms with Crippen LogP contribution >= 0.6 is 0 Å². The first-order chi connectivity index (χ1) is 8.06. The molecule has 1 amide bonds. The number of carbonyl (C=O) groups is 1. The molecule has 98 valence electrons. The van der Waals surface area contributed by atoms with Crippen molar-refractivity contribution in [3.8, 4) is 0 Å². The lowest BCUT2D eigenvalue weighted by molar-refractivity contribution is -0.120. The number of hydrogen-bond donors (Lipinski definition) is 2. The Morgan fingerprint density at radius 2 is 2.18 bits per heavy atom. The minimum atomic E-state index is -0.197. The molecule has 0 aromatic rings. The van der Waals surface area contributed by atoms with Crippen LogP contribution in [0.2, 0.25) is 0 Å². The summed E-state index contributed by atoms with van der Waals surface area (Å²) in [6, 6.07) is 1.06. The highest BCUT2D eigenvalue weighted by molar-refractivity contribution is 5.79. The molecule has 2 rings (SSSR count). The SMILES string of the molecule is CC1CC(C)N(CCC(NC2CC2)C(N)=O)C1. The third-order valence-corrected chi connectivity index (χ3v) is 3.98. The molecule has 1 saturated carbocycles. The van der Waals surface area contributed by atoms with Crippen LogP contribution in [0.15, 0.2) is 0 Å². The maximum Gasteiger partial charge on any atom is 0.234 e. The molecule has 0 radical (unpaired) electrons. The van der Waals surface area contributed by atoms with Crippen molar-refractivity contribution in [3.05, 3.63) is 0 Å². The van der Waals surface area contributed by atoms with Gasteiger partial charge in [0, 0.05) is 25.2 Å². The van der Waals surface area contributed by atoms with Gasteiger partial charge in [0.25, 0.3) is 0 Å². The lowest BCUT2D eigenvalue weighted by Gasteiger charge is -2.23. The first-order valence-corrected chi connectivity index (χ1v) is 6.85. The van der Waals surface area contributed by atoms with Gasteiger partial charge in [0.05, 0.1) is 6.04 Å². The van der Waals surface area contributed by atoms with Gasteiger partial charge in [-0.2, -0.15) is 0 Å². The number of likely N-dealkylation sites (tertiary alicyclic amines) is 1. The molecule has 0 aromatic heterocycles. The van der Waals surface area contributed by atoms with Gasteiger partial charge in [-0.25, -0.2) is 0 Å². The van der Waals surface area contributed by atoms with E-state index < -0.39 is 0 Å². The van der Waals surface area contributed by atoms with Gasteiger partial charge in [-0.1, -0.05) is 6.92 Å². The third-order valence-electron chi connectivity index (χ3n) is 3.98. The second-order valence-electron chi connectivity index (χ2n) is 5.87. The van der Waals surface area contributed by atoms with Crippen molar-refractivity contribution in [1.29, 1.82) is 0 Å². The number of nitrogens with two attached hydrogens (primary N) is 1. The smallest absolute Gasteiger partial charge is 0.234 e. The molecule has 4 heteroatoms. The molecular formula is C13H25N3O. The van der Waals surface area contributed by atoms with E-state index in [1.165, 1.54) is 19.3 Å².